The first-order chi connectivity index (χ1) is 12.0. The third kappa shape index (κ3) is 3.82. The second-order valence-corrected chi connectivity index (χ2v) is 5.70. The second-order valence-electron chi connectivity index (χ2n) is 5.70. The zero-order chi connectivity index (χ0) is 17.8. The largest absolute Gasteiger partial charge is 0.457 e. The Hall–Kier alpha value is -3.22. The second kappa shape index (κ2) is 7.12. The monoisotopic (exact) mass is 340 g/mol. The standard InChI is InChI=1S/C18H16N2O5/c21-17-5-2-10-19(17)15-8-6-14(7-9-15)18(22)25-12-13-3-1-4-16(11-13)20(23)24/h1,3-4,6-9,11H,2,5,10,12H2. The number of nitro groups is 1. The molecule has 1 fully saturated rings. The minimum atomic E-state index is -0.522. The van der Waals surface area contributed by atoms with Gasteiger partial charge in [0.1, 0.15) is 6.61 Å². The van der Waals surface area contributed by atoms with Gasteiger partial charge in [0.2, 0.25) is 5.91 Å². The predicted molar refractivity (Wildman–Crippen MR) is 90.2 cm³/mol. The summed E-state index contributed by atoms with van der Waals surface area (Å²) in [4.78, 5) is 35.8. The maximum Gasteiger partial charge on any atom is 0.338 e. The van der Waals surface area contributed by atoms with Crippen LogP contribution in [-0.2, 0) is 16.1 Å². The lowest BCUT2D eigenvalue weighted by Crippen LogP contribution is -2.23. The molecule has 0 aliphatic carbocycles. The first-order valence-electron chi connectivity index (χ1n) is 7.85. The van der Waals surface area contributed by atoms with Crippen LogP contribution in [-0.4, -0.2) is 23.3 Å². The Kier molecular flexibility index (Phi) is 4.74. The number of non-ortho nitro benzene ring substituents is 1. The number of hydrogen-bond acceptors (Lipinski definition) is 5. The molecule has 25 heavy (non-hydrogen) atoms. The summed E-state index contributed by atoms with van der Waals surface area (Å²) >= 11 is 0. The van der Waals surface area contributed by atoms with E-state index in [0.29, 0.717) is 24.1 Å². The van der Waals surface area contributed by atoms with Crippen molar-refractivity contribution < 1.29 is 19.2 Å². The molecule has 3 rings (SSSR count). The van der Waals surface area contributed by atoms with E-state index in [1.807, 2.05) is 0 Å². The van der Waals surface area contributed by atoms with Crippen molar-refractivity contribution in [3.8, 4) is 0 Å². The molecular weight excluding hydrogens is 324 g/mol. The Balaban J connectivity index is 1.62. The van der Waals surface area contributed by atoms with Gasteiger partial charge in [-0.1, -0.05) is 12.1 Å². The van der Waals surface area contributed by atoms with Crippen LogP contribution in [0.3, 0.4) is 0 Å². The normalized spacial score (nSPS) is 13.8. The van der Waals surface area contributed by atoms with E-state index in [1.54, 1.807) is 41.3 Å². The van der Waals surface area contributed by atoms with Gasteiger partial charge in [0.25, 0.3) is 5.69 Å². The number of nitrogens with zero attached hydrogens (tertiary/aromatic N) is 2. The lowest BCUT2D eigenvalue weighted by atomic mass is 10.2. The van der Waals surface area contributed by atoms with Gasteiger partial charge in [-0.05, 0) is 36.2 Å². The van der Waals surface area contributed by atoms with Crippen LogP contribution in [0.5, 0.6) is 0 Å². The summed E-state index contributed by atoms with van der Waals surface area (Å²) in [6, 6.07) is 12.6. The molecule has 0 radical (unpaired) electrons. The first-order valence-corrected chi connectivity index (χ1v) is 7.85. The van der Waals surface area contributed by atoms with E-state index in [9.17, 15) is 19.7 Å². The minimum Gasteiger partial charge on any atom is -0.457 e. The zero-order valence-corrected chi connectivity index (χ0v) is 13.4. The number of anilines is 1. The minimum absolute atomic E-state index is 0.0480. The van der Waals surface area contributed by atoms with Crippen LogP contribution < -0.4 is 4.90 Å². The number of benzene rings is 2. The highest BCUT2D eigenvalue weighted by Crippen LogP contribution is 2.22. The van der Waals surface area contributed by atoms with E-state index in [0.717, 1.165) is 12.1 Å². The fourth-order valence-electron chi connectivity index (χ4n) is 2.69. The van der Waals surface area contributed by atoms with Gasteiger partial charge in [-0.15, -0.1) is 0 Å². The van der Waals surface area contributed by atoms with Gasteiger partial charge in [-0.2, -0.15) is 0 Å². The van der Waals surface area contributed by atoms with Crippen molar-refractivity contribution in [1.29, 1.82) is 0 Å². The average molecular weight is 340 g/mol. The summed E-state index contributed by atoms with van der Waals surface area (Å²) in [6.45, 7) is 0.641. The van der Waals surface area contributed by atoms with Gasteiger partial charge in [-0.3, -0.25) is 14.9 Å². The molecule has 0 spiro atoms. The molecule has 7 heteroatoms. The SMILES string of the molecule is O=C(OCc1cccc([N+](=O)[O-])c1)c1ccc(N2CCCC2=O)cc1. The number of rotatable bonds is 5. The molecule has 0 N–H and O–H groups in total. The molecule has 0 atom stereocenters. The van der Waals surface area contributed by atoms with Gasteiger partial charge in [0, 0.05) is 30.8 Å². The van der Waals surface area contributed by atoms with E-state index in [-0.39, 0.29) is 18.2 Å². The van der Waals surface area contributed by atoms with E-state index < -0.39 is 10.9 Å². The Morgan fingerprint density at radius 3 is 2.60 bits per heavy atom. The van der Waals surface area contributed by atoms with E-state index in [1.165, 1.54) is 12.1 Å². The van der Waals surface area contributed by atoms with Crippen LogP contribution >= 0.6 is 0 Å². The number of hydrogen-bond donors (Lipinski definition) is 0. The van der Waals surface area contributed by atoms with Crippen molar-refractivity contribution in [3.63, 3.8) is 0 Å². The van der Waals surface area contributed by atoms with Gasteiger partial charge >= 0.3 is 5.97 Å². The van der Waals surface area contributed by atoms with E-state index in [2.05, 4.69) is 0 Å². The number of esters is 1. The fraction of sp³-hybridized carbons (Fsp3) is 0.222. The number of amides is 1. The molecule has 128 valence electrons. The van der Waals surface area contributed by atoms with Crippen LogP contribution in [0.2, 0.25) is 0 Å². The number of nitro benzene ring substituents is 1. The highest BCUT2D eigenvalue weighted by molar-refractivity contribution is 5.96. The Morgan fingerprint density at radius 1 is 1.20 bits per heavy atom. The summed E-state index contributed by atoms with van der Waals surface area (Å²) in [6.07, 6.45) is 1.39. The Labute approximate surface area is 144 Å². The van der Waals surface area contributed by atoms with Crippen LogP contribution in [0.1, 0.15) is 28.8 Å². The molecule has 1 aliphatic heterocycles. The van der Waals surface area contributed by atoms with Crippen molar-refractivity contribution in [2.75, 3.05) is 11.4 Å². The van der Waals surface area contributed by atoms with Gasteiger partial charge in [-0.25, -0.2) is 4.79 Å². The Bertz CT molecular complexity index is 816. The van der Waals surface area contributed by atoms with Crippen molar-refractivity contribution >= 4 is 23.3 Å². The topological polar surface area (TPSA) is 89.8 Å². The van der Waals surface area contributed by atoms with Crippen LogP contribution in [0.4, 0.5) is 11.4 Å². The van der Waals surface area contributed by atoms with Crippen molar-refractivity contribution in [2.45, 2.75) is 19.4 Å². The summed E-state index contributed by atoms with van der Waals surface area (Å²) < 4.78 is 5.19. The van der Waals surface area contributed by atoms with Crippen molar-refractivity contribution in [3.05, 3.63) is 69.8 Å². The lowest BCUT2D eigenvalue weighted by Gasteiger charge is -2.15. The molecule has 0 bridgehead atoms. The van der Waals surface area contributed by atoms with Crippen LogP contribution in [0.15, 0.2) is 48.5 Å². The average Bonchev–Trinajstić information content (AvgIpc) is 3.06. The van der Waals surface area contributed by atoms with Crippen LogP contribution in [0, 0.1) is 10.1 Å². The lowest BCUT2D eigenvalue weighted by molar-refractivity contribution is -0.384. The Morgan fingerprint density at radius 2 is 1.96 bits per heavy atom. The molecule has 1 aliphatic rings. The molecule has 0 unspecified atom stereocenters. The molecule has 1 saturated heterocycles. The van der Waals surface area contributed by atoms with Crippen molar-refractivity contribution in [1.82, 2.24) is 0 Å². The maximum absolute atomic E-state index is 12.1. The van der Waals surface area contributed by atoms with E-state index in [4.69, 9.17) is 4.74 Å². The fourth-order valence-corrected chi connectivity index (χ4v) is 2.69. The first kappa shape index (κ1) is 16.6. The molecule has 2 aromatic rings. The maximum atomic E-state index is 12.1. The van der Waals surface area contributed by atoms with Gasteiger partial charge in [0.15, 0.2) is 0 Å². The zero-order valence-electron chi connectivity index (χ0n) is 13.4. The quantitative estimate of drug-likeness (QED) is 0.474. The number of carbonyl (C=O) groups is 2. The van der Waals surface area contributed by atoms with Crippen molar-refractivity contribution in [2.24, 2.45) is 0 Å². The summed E-state index contributed by atoms with van der Waals surface area (Å²) in [5.74, 6) is -0.438. The third-order valence-electron chi connectivity index (χ3n) is 3.98. The summed E-state index contributed by atoms with van der Waals surface area (Å²) in [7, 11) is 0. The van der Waals surface area contributed by atoms with Gasteiger partial charge < -0.3 is 9.64 Å². The van der Waals surface area contributed by atoms with Crippen LogP contribution in [0.25, 0.3) is 0 Å². The van der Waals surface area contributed by atoms with Gasteiger partial charge in [0.05, 0.1) is 10.5 Å². The number of carbonyl (C=O) groups excluding carboxylic acids is 2. The molecule has 1 amide bonds. The smallest absolute Gasteiger partial charge is 0.338 e. The molecular formula is C18H16N2O5. The summed E-state index contributed by atoms with van der Waals surface area (Å²) in [5.41, 5.74) is 1.62. The molecule has 7 nitrogen and oxygen atoms in total. The molecule has 1 heterocycles. The molecule has 2 aromatic carbocycles. The predicted octanol–water partition coefficient (Wildman–Crippen LogP) is 3.08. The highest BCUT2D eigenvalue weighted by atomic mass is 16.6. The third-order valence-corrected chi connectivity index (χ3v) is 3.98. The number of ether oxygens (including phenoxy) is 1. The molecule has 0 aromatic heterocycles. The summed E-state index contributed by atoms with van der Waals surface area (Å²) in [5, 5.41) is 10.7. The van der Waals surface area contributed by atoms with E-state index >= 15 is 0 Å². The molecule has 0 saturated carbocycles. The highest BCUT2D eigenvalue weighted by Gasteiger charge is 2.21.